The topological polar surface area (TPSA) is 108 Å². The lowest BCUT2D eigenvalue weighted by Crippen LogP contribution is -2.30. The van der Waals surface area contributed by atoms with Gasteiger partial charge in [0.15, 0.2) is 0 Å². The average molecular weight is 423 g/mol. The summed E-state index contributed by atoms with van der Waals surface area (Å²) < 4.78 is 38.6. The molecule has 1 aromatic carbocycles. The molecule has 0 spiro atoms. The quantitative estimate of drug-likeness (QED) is 0.591. The fourth-order valence-corrected chi connectivity index (χ4v) is 4.82. The summed E-state index contributed by atoms with van der Waals surface area (Å²) in [5, 5.41) is 0. The van der Waals surface area contributed by atoms with Crippen molar-refractivity contribution >= 4 is 33.0 Å². The van der Waals surface area contributed by atoms with Crippen LogP contribution >= 0.6 is 0 Å². The van der Waals surface area contributed by atoms with Crippen LogP contribution < -0.4 is 0 Å². The fourth-order valence-electron chi connectivity index (χ4n) is 3.34. The fraction of sp³-hybridized carbons (Fsp3) is 0.526. The molecule has 158 valence electrons. The molecule has 1 fully saturated rings. The summed E-state index contributed by atoms with van der Waals surface area (Å²) in [5.74, 6) is -0.378. The standard InChI is InChI=1S/C19H25N3O6S/c1-4-22(5-2)29(25,26)13-6-7-15-14(12-13)20-17(21(15)3)8-9-18(23)28-16-10-11-27-19(16)24/h6-7,12,16H,4-5,8-11H2,1-3H3/t16-/m0/s1. The number of cyclic esters (lactones) is 1. The minimum absolute atomic E-state index is 0.0611. The molecule has 2 aromatic rings. The van der Waals surface area contributed by atoms with E-state index in [1.54, 1.807) is 32.0 Å². The zero-order valence-corrected chi connectivity index (χ0v) is 17.6. The van der Waals surface area contributed by atoms with E-state index in [4.69, 9.17) is 9.47 Å². The van der Waals surface area contributed by atoms with E-state index >= 15 is 0 Å². The molecule has 0 radical (unpaired) electrons. The molecular weight excluding hydrogens is 398 g/mol. The van der Waals surface area contributed by atoms with Crippen LogP contribution in [0.3, 0.4) is 0 Å². The highest BCUT2D eigenvalue weighted by Crippen LogP contribution is 2.23. The van der Waals surface area contributed by atoms with E-state index in [1.165, 1.54) is 4.31 Å². The van der Waals surface area contributed by atoms with Crippen molar-refractivity contribution in [1.29, 1.82) is 0 Å². The maximum absolute atomic E-state index is 12.7. The van der Waals surface area contributed by atoms with Gasteiger partial charge >= 0.3 is 11.9 Å². The van der Waals surface area contributed by atoms with Gasteiger partial charge in [-0.1, -0.05) is 13.8 Å². The highest BCUT2D eigenvalue weighted by Gasteiger charge is 2.30. The van der Waals surface area contributed by atoms with Gasteiger partial charge in [-0.25, -0.2) is 18.2 Å². The number of aromatic nitrogens is 2. The highest BCUT2D eigenvalue weighted by molar-refractivity contribution is 7.89. The third-order valence-electron chi connectivity index (χ3n) is 5.00. The first-order chi connectivity index (χ1) is 13.8. The monoisotopic (exact) mass is 423 g/mol. The number of benzene rings is 1. The van der Waals surface area contributed by atoms with Crippen molar-refractivity contribution in [1.82, 2.24) is 13.9 Å². The average Bonchev–Trinajstić information content (AvgIpc) is 3.23. The summed E-state index contributed by atoms with van der Waals surface area (Å²) in [6.07, 6.45) is -0.0772. The summed E-state index contributed by atoms with van der Waals surface area (Å²) in [7, 11) is -1.77. The van der Waals surface area contributed by atoms with Crippen molar-refractivity contribution in [2.75, 3.05) is 19.7 Å². The zero-order valence-electron chi connectivity index (χ0n) is 16.8. The van der Waals surface area contributed by atoms with Gasteiger partial charge in [0.05, 0.1) is 29.0 Å². The van der Waals surface area contributed by atoms with Gasteiger partial charge in [-0.05, 0) is 18.2 Å². The normalized spacial score (nSPS) is 17.1. The van der Waals surface area contributed by atoms with E-state index in [9.17, 15) is 18.0 Å². The molecule has 1 atom stereocenters. The molecule has 0 N–H and O–H groups in total. The molecule has 0 amide bonds. The molecule has 0 unspecified atom stereocenters. The van der Waals surface area contributed by atoms with Gasteiger partial charge in [0.1, 0.15) is 5.82 Å². The Balaban J connectivity index is 1.75. The number of ether oxygens (including phenoxy) is 2. The highest BCUT2D eigenvalue weighted by atomic mass is 32.2. The van der Waals surface area contributed by atoms with Crippen LogP contribution in [0.1, 0.15) is 32.5 Å². The second kappa shape index (κ2) is 8.50. The number of imidazole rings is 1. The van der Waals surface area contributed by atoms with Gasteiger partial charge in [-0.15, -0.1) is 0 Å². The number of sulfonamides is 1. The number of hydrogen-bond donors (Lipinski definition) is 0. The summed E-state index contributed by atoms with van der Waals surface area (Å²) in [6, 6.07) is 4.84. The molecule has 2 heterocycles. The van der Waals surface area contributed by atoms with Crippen LogP contribution in [-0.4, -0.2) is 60.0 Å². The summed E-state index contributed by atoms with van der Waals surface area (Å²) in [5.41, 5.74) is 1.31. The van der Waals surface area contributed by atoms with Crippen molar-refractivity contribution in [2.45, 2.75) is 44.1 Å². The lowest BCUT2D eigenvalue weighted by Gasteiger charge is -2.18. The molecule has 10 heteroatoms. The number of carbonyl (C=O) groups excluding carboxylic acids is 2. The van der Waals surface area contributed by atoms with Gasteiger partial charge in [0, 0.05) is 33.0 Å². The van der Waals surface area contributed by atoms with Crippen LogP contribution in [0.15, 0.2) is 23.1 Å². The SMILES string of the molecule is CCN(CC)S(=O)(=O)c1ccc2c(c1)nc(CCC(=O)O[C@H]1CCOC1=O)n2C. The van der Waals surface area contributed by atoms with Crippen LogP contribution in [-0.2, 0) is 42.6 Å². The Kier molecular flexibility index (Phi) is 6.23. The molecule has 29 heavy (non-hydrogen) atoms. The second-order valence-corrected chi connectivity index (χ2v) is 8.70. The Hall–Kier alpha value is -2.46. The van der Waals surface area contributed by atoms with E-state index in [2.05, 4.69) is 4.98 Å². The van der Waals surface area contributed by atoms with Gasteiger partial charge in [-0.3, -0.25) is 4.79 Å². The Morgan fingerprint density at radius 3 is 2.69 bits per heavy atom. The number of rotatable bonds is 8. The van der Waals surface area contributed by atoms with E-state index in [0.29, 0.717) is 37.3 Å². The first-order valence-corrected chi connectivity index (χ1v) is 11.0. The van der Waals surface area contributed by atoms with Gasteiger partial charge in [-0.2, -0.15) is 4.31 Å². The van der Waals surface area contributed by atoms with E-state index in [1.807, 2.05) is 11.6 Å². The first kappa shape index (κ1) is 21.3. The maximum Gasteiger partial charge on any atom is 0.347 e. The van der Waals surface area contributed by atoms with E-state index in [0.717, 1.165) is 5.52 Å². The molecule has 9 nitrogen and oxygen atoms in total. The lowest BCUT2D eigenvalue weighted by molar-refractivity contribution is -0.160. The predicted octanol–water partition coefficient (Wildman–Crippen LogP) is 1.40. The number of aryl methyl sites for hydroxylation is 2. The van der Waals surface area contributed by atoms with Gasteiger partial charge in [0.2, 0.25) is 16.1 Å². The third kappa shape index (κ3) is 4.27. The Labute approximate surface area is 169 Å². The van der Waals surface area contributed by atoms with Crippen LogP contribution in [0.2, 0.25) is 0 Å². The molecular formula is C19H25N3O6S. The molecule has 3 rings (SSSR count). The predicted molar refractivity (Wildman–Crippen MR) is 105 cm³/mol. The first-order valence-electron chi connectivity index (χ1n) is 9.59. The number of carbonyl (C=O) groups is 2. The molecule has 1 saturated heterocycles. The molecule has 1 aromatic heterocycles. The summed E-state index contributed by atoms with van der Waals surface area (Å²) in [4.78, 5) is 28.1. The van der Waals surface area contributed by atoms with Gasteiger partial charge < -0.3 is 14.0 Å². The molecule has 0 bridgehead atoms. The minimum atomic E-state index is -3.57. The number of esters is 2. The van der Waals surface area contributed by atoms with Crippen molar-refractivity contribution in [3.8, 4) is 0 Å². The van der Waals surface area contributed by atoms with Crippen molar-refractivity contribution in [3.63, 3.8) is 0 Å². The lowest BCUT2D eigenvalue weighted by atomic mass is 10.3. The summed E-state index contributed by atoms with van der Waals surface area (Å²) in [6.45, 7) is 4.63. The second-order valence-electron chi connectivity index (χ2n) is 6.76. The van der Waals surface area contributed by atoms with E-state index in [-0.39, 0.29) is 17.9 Å². The molecule has 1 aliphatic rings. The number of hydrogen-bond acceptors (Lipinski definition) is 7. The maximum atomic E-state index is 12.7. The Morgan fingerprint density at radius 1 is 1.34 bits per heavy atom. The molecule has 0 saturated carbocycles. The van der Waals surface area contributed by atoms with Crippen LogP contribution in [0, 0.1) is 0 Å². The summed E-state index contributed by atoms with van der Waals surface area (Å²) >= 11 is 0. The Bertz CT molecular complexity index is 1030. The van der Waals surface area contributed by atoms with Crippen LogP contribution in [0.5, 0.6) is 0 Å². The van der Waals surface area contributed by atoms with Crippen molar-refractivity contribution in [3.05, 3.63) is 24.0 Å². The van der Waals surface area contributed by atoms with Crippen molar-refractivity contribution < 1.29 is 27.5 Å². The molecule has 0 aliphatic carbocycles. The van der Waals surface area contributed by atoms with Crippen LogP contribution in [0.4, 0.5) is 0 Å². The van der Waals surface area contributed by atoms with Crippen molar-refractivity contribution in [2.24, 2.45) is 7.05 Å². The third-order valence-corrected chi connectivity index (χ3v) is 7.05. The number of fused-ring (bicyclic) bond motifs is 1. The van der Waals surface area contributed by atoms with Gasteiger partial charge in [0.25, 0.3) is 0 Å². The number of nitrogens with zero attached hydrogens (tertiary/aromatic N) is 3. The van der Waals surface area contributed by atoms with Crippen LogP contribution in [0.25, 0.3) is 11.0 Å². The largest absolute Gasteiger partial charge is 0.463 e. The minimum Gasteiger partial charge on any atom is -0.463 e. The molecule has 1 aliphatic heterocycles. The zero-order chi connectivity index (χ0) is 21.2. The van der Waals surface area contributed by atoms with E-state index < -0.39 is 28.1 Å². The Morgan fingerprint density at radius 2 is 2.07 bits per heavy atom. The smallest absolute Gasteiger partial charge is 0.347 e.